The van der Waals surface area contributed by atoms with Crippen molar-refractivity contribution in [3.63, 3.8) is 0 Å². The van der Waals surface area contributed by atoms with Crippen molar-refractivity contribution in [1.82, 2.24) is 10.3 Å². The molecule has 0 spiro atoms. The van der Waals surface area contributed by atoms with Gasteiger partial charge in [0.1, 0.15) is 5.82 Å². The SMILES string of the molecule is CCCCN(CC1CCCN1)c1ccc(C(F)(F)F)cn1. The van der Waals surface area contributed by atoms with Crippen LogP contribution in [0.4, 0.5) is 19.0 Å². The maximum atomic E-state index is 12.6. The van der Waals surface area contributed by atoms with Crippen molar-refractivity contribution in [2.75, 3.05) is 24.5 Å². The molecule has 0 aliphatic carbocycles. The highest BCUT2D eigenvalue weighted by atomic mass is 19.4. The Bertz CT molecular complexity index is 425. The van der Waals surface area contributed by atoms with E-state index in [0.717, 1.165) is 57.6 Å². The molecular weight excluding hydrogens is 279 g/mol. The number of hydrogen-bond acceptors (Lipinski definition) is 3. The van der Waals surface area contributed by atoms with Crippen molar-refractivity contribution in [3.05, 3.63) is 23.9 Å². The number of nitrogens with zero attached hydrogens (tertiary/aromatic N) is 2. The normalized spacial score (nSPS) is 19.0. The Morgan fingerprint density at radius 1 is 1.38 bits per heavy atom. The summed E-state index contributed by atoms with van der Waals surface area (Å²) >= 11 is 0. The number of alkyl halides is 3. The van der Waals surface area contributed by atoms with Crippen molar-refractivity contribution in [1.29, 1.82) is 0 Å². The Balaban J connectivity index is 2.07. The Kier molecular flexibility index (Phi) is 5.45. The minimum absolute atomic E-state index is 0.408. The van der Waals surface area contributed by atoms with Crippen LogP contribution < -0.4 is 10.2 Å². The molecule has 3 nitrogen and oxygen atoms in total. The van der Waals surface area contributed by atoms with Gasteiger partial charge < -0.3 is 10.2 Å². The van der Waals surface area contributed by atoms with E-state index in [4.69, 9.17) is 0 Å². The van der Waals surface area contributed by atoms with Gasteiger partial charge in [-0.2, -0.15) is 13.2 Å². The molecule has 0 amide bonds. The lowest BCUT2D eigenvalue weighted by Crippen LogP contribution is -2.38. The molecule has 1 unspecified atom stereocenters. The summed E-state index contributed by atoms with van der Waals surface area (Å²) in [6.07, 6.45) is 0.934. The molecule has 2 heterocycles. The van der Waals surface area contributed by atoms with Crippen LogP contribution in [0, 0.1) is 0 Å². The first-order valence-corrected chi connectivity index (χ1v) is 7.52. The van der Waals surface area contributed by atoms with Gasteiger partial charge in [0.25, 0.3) is 0 Å². The molecule has 1 aliphatic rings. The molecule has 1 saturated heterocycles. The van der Waals surface area contributed by atoms with E-state index in [2.05, 4.69) is 22.1 Å². The molecule has 1 N–H and O–H groups in total. The Labute approximate surface area is 123 Å². The van der Waals surface area contributed by atoms with Crippen LogP contribution in [-0.4, -0.2) is 30.7 Å². The number of hydrogen-bond donors (Lipinski definition) is 1. The standard InChI is InChI=1S/C15H22F3N3/c1-2-3-9-21(11-13-5-4-8-19-13)14-7-6-12(10-20-14)15(16,17)18/h6-7,10,13,19H,2-5,8-9,11H2,1H3. The molecule has 0 bridgehead atoms. The van der Waals surface area contributed by atoms with Gasteiger partial charge in [0.15, 0.2) is 0 Å². The Hall–Kier alpha value is -1.30. The Morgan fingerprint density at radius 3 is 2.71 bits per heavy atom. The van der Waals surface area contributed by atoms with Gasteiger partial charge in [-0.1, -0.05) is 13.3 Å². The third-order valence-corrected chi connectivity index (χ3v) is 3.78. The number of rotatable bonds is 6. The molecule has 0 radical (unpaired) electrons. The predicted molar refractivity (Wildman–Crippen MR) is 77.4 cm³/mol. The summed E-state index contributed by atoms with van der Waals surface area (Å²) in [5, 5.41) is 3.42. The number of anilines is 1. The highest BCUT2D eigenvalue weighted by Gasteiger charge is 2.31. The molecule has 1 fully saturated rings. The van der Waals surface area contributed by atoms with E-state index < -0.39 is 11.7 Å². The summed E-state index contributed by atoms with van der Waals surface area (Å²) in [6.45, 7) is 4.75. The molecule has 2 rings (SSSR count). The fraction of sp³-hybridized carbons (Fsp3) is 0.667. The zero-order valence-electron chi connectivity index (χ0n) is 12.3. The van der Waals surface area contributed by atoms with E-state index in [1.165, 1.54) is 6.07 Å². The minimum Gasteiger partial charge on any atom is -0.355 e. The van der Waals surface area contributed by atoms with E-state index in [1.54, 1.807) is 0 Å². The molecule has 21 heavy (non-hydrogen) atoms. The fourth-order valence-corrected chi connectivity index (χ4v) is 2.57. The average molecular weight is 301 g/mol. The van der Waals surface area contributed by atoms with Crippen molar-refractivity contribution in [2.45, 2.75) is 44.8 Å². The average Bonchev–Trinajstić information content (AvgIpc) is 2.95. The third kappa shape index (κ3) is 4.59. The van der Waals surface area contributed by atoms with Crippen molar-refractivity contribution < 1.29 is 13.2 Å². The van der Waals surface area contributed by atoms with Gasteiger partial charge in [-0.25, -0.2) is 4.98 Å². The van der Waals surface area contributed by atoms with Gasteiger partial charge in [-0.15, -0.1) is 0 Å². The molecule has 118 valence electrons. The van der Waals surface area contributed by atoms with Crippen LogP contribution in [0.3, 0.4) is 0 Å². The second-order valence-corrected chi connectivity index (χ2v) is 5.50. The molecule has 1 aromatic heterocycles. The van der Waals surface area contributed by atoms with Crippen LogP contribution in [0.15, 0.2) is 18.3 Å². The van der Waals surface area contributed by atoms with E-state index >= 15 is 0 Å². The number of unbranched alkanes of at least 4 members (excludes halogenated alkanes) is 1. The molecule has 1 aromatic rings. The van der Waals surface area contributed by atoms with Crippen LogP contribution in [0.25, 0.3) is 0 Å². The number of nitrogens with one attached hydrogen (secondary N) is 1. The first-order chi connectivity index (χ1) is 10.0. The van der Waals surface area contributed by atoms with Crippen LogP contribution in [0.2, 0.25) is 0 Å². The Morgan fingerprint density at radius 2 is 2.19 bits per heavy atom. The fourth-order valence-electron chi connectivity index (χ4n) is 2.57. The van der Waals surface area contributed by atoms with Gasteiger partial charge >= 0.3 is 6.18 Å². The van der Waals surface area contributed by atoms with E-state index in [9.17, 15) is 13.2 Å². The molecular formula is C15H22F3N3. The van der Waals surface area contributed by atoms with Crippen molar-refractivity contribution in [2.24, 2.45) is 0 Å². The zero-order valence-corrected chi connectivity index (χ0v) is 12.3. The van der Waals surface area contributed by atoms with Crippen LogP contribution in [0.5, 0.6) is 0 Å². The summed E-state index contributed by atoms with van der Waals surface area (Å²) in [6, 6.07) is 3.00. The van der Waals surface area contributed by atoms with Gasteiger partial charge in [0.05, 0.1) is 5.56 Å². The lowest BCUT2D eigenvalue weighted by Gasteiger charge is -2.27. The van der Waals surface area contributed by atoms with Gasteiger partial charge in [-0.3, -0.25) is 0 Å². The van der Waals surface area contributed by atoms with E-state index in [1.807, 2.05) is 0 Å². The number of halogens is 3. The summed E-state index contributed by atoms with van der Waals surface area (Å²) in [7, 11) is 0. The maximum Gasteiger partial charge on any atom is 0.417 e. The van der Waals surface area contributed by atoms with E-state index in [0.29, 0.717) is 11.9 Å². The molecule has 1 aliphatic heterocycles. The number of pyridine rings is 1. The predicted octanol–water partition coefficient (Wildman–Crippen LogP) is 3.46. The lowest BCUT2D eigenvalue weighted by atomic mass is 10.2. The summed E-state index contributed by atoms with van der Waals surface area (Å²) < 4.78 is 37.8. The quantitative estimate of drug-likeness (QED) is 0.872. The zero-order chi connectivity index (χ0) is 15.3. The smallest absolute Gasteiger partial charge is 0.355 e. The number of aromatic nitrogens is 1. The first kappa shape index (κ1) is 16.1. The summed E-state index contributed by atoms with van der Waals surface area (Å²) in [5.74, 6) is 0.630. The minimum atomic E-state index is -4.33. The van der Waals surface area contributed by atoms with Gasteiger partial charge in [0.2, 0.25) is 0 Å². The van der Waals surface area contributed by atoms with Crippen molar-refractivity contribution >= 4 is 5.82 Å². The molecule has 0 saturated carbocycles. The molecule has 6 heteroatoms. The highest BCUT2D eigenvalue weighted by Crippen LogP contribution is 2.29. The second-order valence-electron chi connectivity index (χ2n) is 5.50. The topological polar surface area (TPSA) is 28.2 Å². The van der Waals surface area contributed by atoms with Crippen LogP contribution >= 0.6 is 0 Å². The van der Waals surface area contributed by atoms with Crippen molar-refractivity contribution in [3.8, 4) is 0 Å². The first-order valence-electron chi connectivity index (χ1n) is 7.52. The summed E-state index contributed by atoms with van der Waals surface area (Å²) in [4.78, 5) is 6.11. The van der Waals surface area contributed by atoms with Crippen LogP contribution in [-0.2, 0) is 6.18 Å². The monoisotopic (exact) mass is 301 g/mol. The third-order valence-electron chi connectivity index (χ3n) is 3.78. The summed E-state index contributed by atoms with van der Waals surface area (Å²) in [5.41, 5.74) is -0.694. The largest absolute Gasteiger partial charge is 0.417 e. The molecule has 0 aromatic carbocycles. The van der Waals surface area contributed by atoms with Gasteiger partial charge in [-0.05, 0) is 37.9 Å². The molecule has 1 atom stereocenters. The van der Waals surface area contributed by atoms with E-state index in [-0.39, 0.29) is 0 Å². The van der Waals surface area contributed by atoms with Gasteiger partial charge in [0, 0.05) is 25.3 Å². The lowest BCUT2D eigenvalue weighted by molar-refractivity contribution is -0.137. The highest BCUT2D eigenvalue weighted by molar-refractivity contribution is 5.40. The maximum absolute atomic E-state index is 12.6. The second kappa shape index (κ2) is 7.11. The van der Waals surface area contributed by atoms with Crippen LogP contribution in [0.1, 0.15) is 38.2 Å².